The van der Waals surface area contributed by atoms with Crippen molar-refractivity contribution in [2.75, 3.05) is 6.54 Å². The van der Waals surface area contributed by atoms with Crippen LogP contribution in [0.25, 0.3) is 0 Å². The van der Waals surface area contributed by atoms with Crippen molar-refractivity contribution < 1.29 is 9.59 Å². The van der Waals surface area contributed by atoms with Gasteiger partial charge in [-0.3, -0.25) is 9.59 Å². The molecular weight excluding hydrogens is 154 g/mol. The summed E-state index contributed by atoms with van der Waals surface area (Å²) >= 11 is 4.94. The Morgan fingerprint density at radius 2 is 2.10 bits per heavy atom. The Morgan fingerprint density at radius 1 is 1.60 bits per heavy atom. The van der Waals surface area contributed by atoms with Crippen LogP contribution in [0.15, 0.2) is 12.2 Å². The van der Waals surface area contributed by atoms with Crippen LogP contribution in [0, 0.1) is 0 Å². The molecule has 0 aliphatic heterocycles. The Balaban J connectivity index is 3.60. The molecule has 0 unspecified atom stereocenters. The molecule has 0 aliphatic rings. The Labute approximate surface area is 64.1 Å². The van der Waals surface area contributed by atoms with Crippen molar-refractivity contribution in [1.29, 1.82) is 0 Å². The molecule has 1 N–H and O–H groups in total. The summed E-state index contributed by atoms with van der Waals surface area (Å²) in [5, 5.41) is 1.67. The summed E-state index contributed by atoms with van der Waals surface area (Å²) in [6.07, 6.45) is 0. The molecular formula is C6H8ClNO2. The van der Waals surface area contributed by atoms with Gasteiger partial charge in [0.2, 0.25) is 11.1 Å². The molecule has 0 aromatic heterocycles. The van der Waals surface area contributed by atoms with Crippen LogP contribution in [0.4, 0.5) is 0 Å². The van der Waals surface area contributed by atoms with E-state index in [1.54, 1.807) is 6.92 Å². The highest BCUT2D eigenvalue weighted by molar-refractivity contribution is 6.64. The fourth-order valence-corrected chi connectivity index (χ4v) is 0.367. The van der Waals surface area contributed by atoms with Crippen LogP contribution < -0.4 is 5.32 Å². The maximum absolute atomic E-state index is 10.6. The SMILES string of the molecule is C=C(C)C(=O)NCC(=O)Cl. The number of hydrogen-bond donors (Lipinski definition) is 1. The van der Waals surface area contributed by atoms with E-state index in [4.69, 9.17) is 11.6 Å². The van der Waals surface area contributed by atoms with Crippen molar-refractivity contribution in [3.63, 3.8) is 0 Å². The highest BCUT2D eigenvalue weighted by Crippen LogP contribution is 1.85. The van der Waals surface area contributed by atoms with Gasteiger partial charge in [0.1, 0.15) is 0 Å². The quantitative estimate of drug-likeness (QED) is 0.483. The van der Waals surface area contributed by atoms with E-state index < -0.39 is 5.24 Å². The van der Waals surface area contributed by atoms with E-state index in [-0.39, 0.29) is 12.5 Å². The molecule has 0 radical (unpaired) electrons. The number of nitrogens with one attached hydrogen (secondary N) is 1. The third-order valence-corrected chi connectivity index (χ3v) is 0.909. The van der Waals surface area contributed by atoms with Gasteiger partial charge in [-0.2, -0.15) is 0 Å². The number of carbonyl (C=O) groups excluding carboxylic acids is 2. The first kappa shape index (κ1) is 9.17. The summed E-state index contributed by atoms with van der Waals surface area (Å²) in [4.78, 5) is 20.7. The summed E-state index contributed by atoms with van der Waals surface area (Å²) in [5.74, 6) is -0.353. The molecule has 0 aromatic rings. The Kier molecular flexibility index (Phi) is 3.72. The zero-order valence-corrected chi connectivity index (χ0v) is 6.36. The van der Waals surface area contributed by atoms with Crippen molar-refractivity contribution in [3.05, 3.63) is 12.2 Å². The molecule has 0 aliphatic carbocycles. The molecule has 0 atom stereocenters. The second-order valence-electron chi connectivity index (χ2n) is 1.82. The zero-order valence-electron chi connectivity index (χ0n) is 5.61. The van der Waals surface area contributed by atoms with Gasteiger partial charge in [0.05, 0.1) is 6.54 Å². The third kappa shape index (κ3) is 4.09. The maximum atomic E-state index is 10.6. The van der Waals surface area contributed by atoms with E-state index >= 15 is 0 Å². The normalized spacial score (nSPS) is 8.60. The molecule has 56 valence electrons. The van der Waals surface area contributed by atoms with Crippen molar-refractivity contribution in [2.24, 2.45) is 0 Å². The van der Waals surface area contributed by atoms with Crippen molar-refractivity contribution in [2.45, 2.75) is 6.92 Å². The molecule has 10 heavy (non-hydrogen) atoms. The smallest absolute Gasteiger partial charge is 0.246 e. The minimum Gasteiger partial charge on any atom is -0.344 e. The molecule has 4 heteroatoms. The summed E-state index contributed by atoms with van der Waals surface area (Å²) < 4.78 is 0. The lowest BCUT2D eigenvalue weighted by atomic mass is 10.3. The van der Waals surface area contributed by atoms with Crippen molar-refractivity contribution in [3.8, 4) is 0 Å². The minimum absolute atomic E-state index is 0.146. The van der Waals surface area contributed by atoms with Gasteiger partial charge in [-0.05, 0) is 18.5 Å². The Hall–Kier alpha value is -0.830. The zero-order chi connectivity index (χ0) is 8.15. The lowest BCUT2D eigenvalue weighted by molar-refractivity contribution is -0.120. The molecule has 0 saturated heterocycles. The fourth-order valence-electron chi connectivity index (χ4n) is 0.301. The number of rotatable bonds is 3. The van der Waals surface area contributed by atoms with Crippen LogP contribution >= 0.6 is 11.6 Å². The molecule has 0 bridgehead atoms. The van der Waals surface area contributed by atoms with Gasteiger partial charge >= 0.3 is 0 Å². The fraction of sp³-hybridized carbons (Fsp3) is 0.333. The van der Waals surface area contributed by atoms with E-state index in [0.717, 1.165) is 0 Å². The van der Waals surface area contributed by atoms with E-state index in [9.17, 15) is 9.59 Å². The highest BCUT2D eigenvalue weighted by Gasteiger charge is 2.01. The van der Waals surface area contributed by atoms with E-state index in [2.05, 4.69) is 11.9 Å². The first-order valence-corrected chi connectivity index (χ1v) is 3.04. The lowest BCUT2D eigenvalue weighted by Crippen LogP contribution is -2.27. The third-order valence-electron chi connectivity index (χ3n) is 0.776. The monoisotopic (exact) mass is 161 g/mol. The first-order chi connectivity index (χ1) is 4.54. The van der Waals surface area contributed by atoms with Crippen molar-refractivity contribution in [1.82, 2.24) is 5.32 Å². The second kappa shape index (κ2) is 4.06. The van der Waals surface area contributed by atoms with E-state index in [0.29, 0.717) is 5.57 Å². The Morgan fingerprint density at radius 3 is 2.40 bits per heavy atom. The number of halogens is 1. The summed E-state index contributed by atoms with van der Waals surface area (Å²) in [6, 6.07) is 0. The van der Waals surface area contributed by atoms with Gasteiger partial charge in [-0.15, -0.1) is 0 Å². The van der Waals surface area contributed by atoms with Crippen LogP contribution in [0.5, 0.6) is 0 Å². The molecule has 0 rings (SSSR count). The first-order valence-electron chi connectivity index (χ1n) is 2.66. The van der Waals surface area contributed by atoms with Crippen LogP contribution in [0.1, 0.15) is 6.92 Å². The van der Waals surface area contributed by atoms with Crippen LogP contribution in [0.2, 0.25) is 0 Å². The molecule has 0 saturated carbocycles. The topological polar surface area (TPSA) is 46.2 Å². The van der Waals surface area contributed by atoms with Crippen LogP contribution in [-0.4, -0.2) is 17.7 Å². The van der Waals surface area contributed by atoms with Crippen LogP contribution in [-0.2, 0) is 9.59 Å². The standard InChI is InChI=1S/C6H8ClNO2/c1-4(2)6(10)8-3-5(7)9/h1,3H2,2H3,(H,8,10). The van der Waals surface area contributed by atoms with Gasteiger partial charge in [0.15, 0.2) is 0 Å². The number of carbonyl (C=O) groups is 2. The van der Waals surface area contributed by atoms with Gasteiger partial charge < -0.3 is 5.32 Å². The average Bonchev–Trinajstić information content (AvgIpc) is 1.82. The lowest BCUT2D eigenvalue weighted by Gasteiger charge is -1.98. The Bertz CT molecular complexity index is 177. The molecule has 3 nitrogen and oxygen atoms in total. The van der Waals surface area contributed by atoms with Gasteiger partial charge in [0, 0.05) is 5.57 Å². The summed E-state index contributed by atoms with van der Waals surface area (Å²) in [5.41, 5.74) is 0.359. The predicted molar refractivity (Wildman–Crippen MR) is 38.7 cm³/mol. The highest BCUT2D eigenvalue weighted by atomic mass is 35.5. The van der Waals surface area contributed by atoms with Gasteiger partial charge in [-0.1, -0.05) is 6.58 Å². The van der Waals surface area contributed by atoms with Gasteiger partial charge in [-0.25, -0.2) is 0 Å². The summed E-state index contributed by atoms with van der Waals surface area (Å²) in [7, 11) is 0. The number of hydrogen-bond acceptors (Lipinski definition) is 2. The van der Waals surface area contributed by atoms with Gasteiger partial charge in [0.25, 0.3) is 0 Å². The molecule has 0 aromatic carbocycles. The molecule has 0 heterocycles. The largest absolute Gasteiger partial charge is 0.344 e. The summed E-state index contributed by atoms with van der Waals surface area (Å²) in [6.45, 7) is 4.77. The number of amides is 1. The van der Waals surface area contributed by atoms with Crippen molar-refractivity contribution >= 4 is 22.8 Å². The molecule has 0 fully saturated rings. The molecule has 0 spiro atoms. The minimum atomic E-state index is -0.588. The van der Waals surface area contributed by atoms with Crippen LogP contribution in [0.3, 0.4) is 0 Å². The maximum Gasteiger partial charge on any atom is 0.246 e. The molecule has 1 amide bonds. The predicted octanol–water partition coefficient (Wildman–Crippen LogP) is 0.444. The van der Waals surface area contributed by atoms with E-state index in [1.807, 2.05) is 0 Å². The second-order valence-corrected chi connectivity index (χ2v) is 2.24. The average molecular weight is 162 g/mol. The van der Waals surface area contributed by atoms with E-state index in [1.165, 1.54) is 0 Å².